The zero-order chi connectivity index (χ0) is 11.2. The molecule has 0 bridgehead atoms. The van der Waals surface area contributed by atoms with Gasteiger partial charge in [0.2, 0.25) is 0 Å². The maximum atomic E-state index is 6.03. The first kappa shape index (κ1) is 16.2. The van der Waals surface area contributed by atoms with E-state index in [1.165, 1.54) is 12.8 Å². The first-order valence-corrected chi connectivity index (χ1v) is 6.39. The van der Waals surface area contributed by atoms with Gasteiger partial charge in [0.05, 0.1) is 0 Å². The molecule has 6 heteroatoms. The van der Waals surface area contributed by atoms with Gasteiger partial charge in [-0.3, -0.25) is 0 Å². The number of benzene rings is 1. The van der Waals surface area contributed by atoms with Gasteiger partial charge >= 0.3 is 0 Å². The van der Waals surface area contributed by atoms with E-state index in [-0.39, 0.29) is 24.8 Å². The lowest BCUT2D eigenvalue weighted by atomic mass is 10.1. The first-order valence-electron chi connectivity index (χ1n) is 5.63. The van der Waals surface area contributed by atoms with Crippen LogP contribution in [0.15, 0.2) is 18.2 Å². The van der Waals surface area contributed by atoms with Crippen molar-refractivity contribution in [2.24, 2.45) is 0 Å². The Labute approximate surface area is 130 Å². The van der Waals surface area contributed by atoms with E-state index in [2.05, 4.69) is 10.2 Å². The van der Waals surface area contributed by atoms with E-state index in [1.807, 2.05) is 12.1 Å². The fourth-order valence-corrected chi connectivity index (χ4v) is 2.90. The normalized spacial score (nSPS) is 20.0. The van der Waals surface area contributed by atoms with Crippen molar-refractivity contribution in [1.29, 1.82) is 0 Å². The van der Waals surface area contributed by atoms with Crippen LogP contribution in [0.4, 0.5) is 5.69 Å². The van der Waals surface area contributed by atoms with Crippen LogP contribution in [0.25, 0.3) is 0 Å². The van der Waals surface area contributed by atoms with Gasteiger partial charge in [0.1, 0.15) is 0 Å². The molecule has 102 valence electrons. The Morgan fingerprint density at radius 3 is 2.22 bits per heavy atom. The van der Waals surface area contributed by atoms with Crippen LogP contribution >= 0.6 is 48.0 Å². The van der Waals surface area contributed by atoms with Gasteiger partial charge in [-0.25, -0.2) is 0 Å². The van der Waals surface area contributed by atoms with Gasteiger partial charge in [0.25, 0.3) is 0 Å². The molecule has 1 saturated heterocycles. The van der Waals surface area contributed by atoms with Crippen molar-refractivity contribution in [1.82, 2.24) is 5.32 Å². The molecule has 1 heterocycles. The van der Waals surface area contributed by atoms with Gasteiger partial charge in [-0.1, -0.05) is 23.2 Å². The zero-order valence-corrected chi connectivity index (χ0v) is 12.9. The molecular weight excluding hydrogens is 314 g/mol. The predicted molar refractivity (Wildman–Crippen MR) is 83.1 cm³/mol. The highest BCUT2D eigenvalue weighted by Gasteiger charge is 2.45. The Bertz CT molecular complexity index is 400. The van der Waals surface area contributed by atoms with Gasteiger partial charge in [0, 0.05) is 40.9 Å². The van der Waals surface area contributed by atoms with Crippen molar-refractivity contribution in [2.45, 2.75) is 18.4 Å². The molecule has 1 spiro atoms. The Morgan fingerprint density at radius 2 is 1.67 bits per heavy atom. The molecule has 1 aliphatic heterocycles. The monoisotopic (exact) mass is 328 g/mol. The average molecular weight is 330 g/mol. The van der Waals surface area contributed by atoms with Crippen molar-refractivity contribution >= 4 is 53.7 Å². The summed E-state index contributed by atoms with van der Waals surface area (Å²) in [5.74, 6) is 0. The van der Waals surface area contributed by atoms with E-state index in [4.69, 9.17) is 23.2 Å². The maximum absolute atomic E-state index is 6.03. The quantitative estimate of drug-likeness (QED) is 0.843. The molecule has 18 heavy (non-hydrogen) atoms. The molecule has 0 unspecified atom stereocenters. The smallest absolute Gasteiger partial charge is 0.0441 e. The minimum atomic E-state index is 0. The highest BCUT2D eigenvalue weighted by Crippen LogP contribution is 2.39. The number of piperazine rings is 1. The highest BCUT2D eigenvalue weighted by atomic mass is 35.5. The van der Waals surface area contributed by atoms with Gasteiger partial charge in [-0.2, -0.15) is 0 Å². The van der Waals surface area contributed by atoms with Crippen LogP contribution < -0.4 is 10.2 Å². The van der Waals surface area contributed by atoms with Gasteiger partial charge in [0.15, 0.2) is 0 Å². The summed E-state index contributed by atoms with van der Waals surface area (Å²) in [5.41, 5.74) is 1.53. The van der Waals surface area contributed by atoms with Gasteiger partial charge in [-0.05, 0) is 31.0 Å². The van der Waals surface area contributed by atoms with Crippen molar-refractivity contribution in [2.75, 3.05) is 24.5 Å². The summed E-state index contributed by atoms with van der Waals surface area (Å²) < 4.78 is 0. The van der Waals surface area contributed by atoms with E-state index >= 15 is 0 Å². The van der Waals surface area contributed by atoms with Crippen LogP contribution in [0.5, 0.6) is 0 Å². The third-order valence-electron chi connectivity index (χ3n) is 3.44. The molecule has 1 saturated carbocycles. The van der Waals surface area contributed by atoms with Crippen LogP contribution in [-0.2, 0) is 0 Å². The van der Waals surface area contributed by atoms with Crippen LogP contribution in [0.2, 0.25) is 10.0 Å². The molecule has 1 aromatic rings. The standard InChI is InChI=1S/C12H14Cl2N2.2ClH/c13-9-5-10(14)7-11(6-9)16-4-3-15-12(8-16)1-2-12;;/h5-7,15H,1-4,8H2;2*1H. The molecule has 2 aliphatic rings. The lowest BCUT2D eigenvalue weighted by Gasteiger charge is -2.35. The molecule has 1 aromatic carbocycles. The van der Waals surface area contributed by atoms with E-state index in [9.17, 15) is 0 Å². The average Bonchev–Trinajstić information content (AvgIpc) is 2.96. The van der Waals surface area contributed by atoms with E-state index in [0.717, 1.165) is 25.3 Å². The SMILES string of the molecule is Cl.Cl.Clc1cc(Cl)cc(N2CCNC3(CC3)C2)c1. The maximum Gasteiger partial charge on any atom is 0.0441 e. The summed E-state index contributed by atoms with van der Waals surface area (Å²) >= 11 is 12.1. The second-order valence-electron chi connectivity index (χ2n) is 4.76. The Kier molecular flexibility index (Phi) is 5.45. The second-order valence-corrected chi connectivity index (χ2v) is 5.63. The number of halogens is 4. The molecular formula is C12H16Cl4N2. The minimum absolute atomic E-state index is 0. The number of hydrogen-bond donors (Lipinski definition) is 1. The van der Waals surface area contributed by atoms with Crippen LogP contribution in [-0.4, -0.2) is 25.2 Å². The van der Waals surface area contributed by atoms with Crippen molar-refractivity contribution < 1.29 is 0 Å². The van der Waals surface area contributed by atoms with Crippen molar-refractivity contribution in [3.8, 4) is 0 Å². The number of anilines is 1. The molecule has 0 aromatic heterocycles. The Balaban J connectivity index is 0.000000810. The van der Waals surface area contributed by atoms with Crippen molar-refractivity contribution in [3.63, 3.8) is 0 Å². The first-order chi connectivity index (χ1) is 7.67. The molecule has 0 amide bonds. The fraction of sp³-hybridized carbons (Fsp3) is 0.500. The van der Waals surface area contributed by atoms with Gasteiger partial charge < -0.3 is 10.2 Å². The summed E-state index contributed by atoms with van der Waals surface area (Å²) in [7, 11) is 0. The Morgan fingerprint density at radius 1 is 1.06 bits per heavy atom. The molecule has 0 radical (unpaired) electrons. The molecule has 3 rings (SSSR count). The summed E-state index contributed by atoms with van der Waals surface area (Å²) in [6.45, 7) is 3.15. The van der Waals surface area contributed by atoms with E-state index in [1.54, 1.807) is 6.07 Å². The molecule has 1 aliphatic carbocycles. The van der Waals surface area contributed by atoms with E-state index in [0.29, 0.717) is 15.6 Å². The van der Waals surface area contributed by atoms with Crippen LogP contribution in [0.1, 0.15) is 12.8 Å². The van der Waals surface area contributed by atoms with Crippen molar-refractivity contribution in [3.05, 3.63) is 28.2 Å². The lowest BCUT2D eigenvalue weighted by molar-refractivity contribution is 0.442. The zero-order valence-electron chi connectivity index (χ0n) is 9.79. The second kappa shape index (κ2) is 6.06. The lowest BCUT2D eigenvalue weighted by Crippen LogP contribution is -2.52. The molecule has 2 nitrogen and oxygen atoms in total. The summed E-state index contributed by atoms with van der Waals surface area (Å²) in [5, 5.41) is 5.02. The third-order valence-corrected chi connectivity index (χ3v) is 3.88. The molecule has 2 fully saturated rings. The number of nitrogens with one attached hydrogen (secondary N) is 1. The third kappa shape index (κ3) is 3.37. The predicted octanol–water partition coefficient (Wildman–Crippen LogP) is 3.78. The number of rotatable bonds is 1. The summed E-state index contributed by atoms with van der Waals surface area (Å²) in [6.07, 6.45) is 2.58. The number of hydrogen-bond acceptors (Lipinski definition) is 2. The minimum Gasteiger partial charge on any atom is -0.368 e. The van der Waals surface area contributed by atoms with Gasteiger partial charge in [-0.15, -0.1) is 24.8 Å². The molecule has 0 atom stereocenters. The Hall–Kier alpha value is 0.140. The topological polar surface area (TPSA) is 15.3 Å². The summed E-state index contributed by atoms with van der Waals surface area (Å²) in [6, 6.07) is 5.77. The summed E-state index contributed by atoms with van der Waals surface area (Å²) in [4.78, 5) is 2.38. The largest absolute Gasteiger partial charge is 0.368 e. The number of nitrogens with zero attached hydrogens (tertiary/aromatic N) is 1. The molecule has 1 N–H and O–H groups in total. The van der Waals surface area contributed by atoms with Crippen LogP contribution in [0, 0.1) is 0 Å². The fourth-order valence-electron chi connectivity index (χ4n) is 2.38. The van der Waals surface area contributed by atoms with E-state index < -0.39 is 0 Å². The highest BCUT2D eigenvalue weighted by molar-refractivity contribution is 6.35. The van der Waals surface area contributed by atoms with Crippen LogP contribution in [0.3, 0.4) is 0 Å².